The van der Waals surface area contributed by atoms with Crippen molar-refractivity contribution in [2.24, 2.45) is 5.10 Å². The van der Waals surface area contributed by atoms with Crippen molar-refractivity contribution in [1.82, 2.24) is 9.99 Å². The van der Waals surface area contributed by atoms with Gasteiger partial charge in [0.25, 0.3) is 0 Å². The van der Waals surface area contributed by atoms with E-state index in [9.17, 15) is 20.2 Å². The molecule has 0 atom stereocenters. The number of nitro groups is 1. The standard InChI is InChI=1S/C33H26BrN5O6/c1-21-7-8-22(2)38(21)26-9-11-27(12-10-26)43-20-28-13-14-31(45-28)33(40)37-36-18-23-15-29(34)32(30(16-23)39(41)42)44-19-25-6-4-3-5-24(25)17-35/h3-16,18H,19-20H2,1-2H3,(H,37,40)/b36-18+. The minimum atomic E-state index is -0.607. The number of hydrazone groups is 1. The van der Waals surface area contributed by atoms with Gasteiger partial charge in [-0.15, -0.1) is 0 Å². The van der Waals surface area contributed by atoms with Crippen LogP contribution >= 0.6 is 15.9 Å². The van der Waals surface area contributed by atoms with Gasteiger partial charge in [0.05, 0.1) is 27.2 Å². The summed E-state index contributed by atoms with van der Waals surface area (Å²) in [4.78, 5) is 23.8. The predicted octanol–water partition coefficient (Wildman–Crippen LogP) is 7.15. The van der Waals surface area contributed by atoms with E-state index >= 15 is 0 Å². The lowest BCUT2D eigenvalue weighted by atomic mass is 10.1. The number of nitriles is 1. The van der Waals surface area contributed by atoms with Gasteiger partial charge in [-0.1, -0.05) is 18.2 Å². The molecule has 2 aromatic heterocycles. The highest BCUT2D eigenvalue weighted by Crippen LogP contribution is 2.37. The van der Waals surface area contributed by atoms with Crippen molar-refractivity contribution >= 4 is 33.7 Å². The highest BCUT2D eigenvalue weighted by Gasteiger charge is 2.21. The van der Waals surface area contributed by atoms with Crippen LogP contribution in [-0.2, 0) is 13.2 Å². The molecule has 0 radical (unpaired) electrons. The second-order valence-corrected chi connectivity index (χ2v) is 10.7. The molecule has 1 amide bonds. The van der Waals surface area contributed by atoms with Crippen LogP contribution in [0.15, 0.2) is 98.9 Å². The van der Waals surface area contributed by atoms with Gasteiger partial charge in [-0.3, -0.25) is 14.9 Å². The SMILES string of the molecule is Cc1ccc(C)n1-c1ccc(OCc2ccc(C(=O)N/N=C/c3cc(Br)c(OCc4ccccc4C#N)c([N+](=O)[O-])c3)o2)cc1. The van der Waals surface area contributed by atoms with Gasteiger partial charge in [-0.25, -0.2) is 5.43 Å². The first-order valence-corrected chi connectivity index (χ1v) is 14.4. The average molecular weight is 669 g/mol. The summed E-state index contributed by atoms with van der Waals surface area (Å²) in [7, 11) is 0. The molecule has 1 N–H and O–H groups in total. The molecule has 0 bridgehead atoms. The molecule has 11 nitrogen and oxygen atoms in total. The molecule has 0 saturated carbocycles. The fourth-order valence-electron chi connectivity index (χ4n) is 4.58. The van der Waals surface area contributed by atoms with Crippen molar-refractivity contribution in [1.29, 1.82) is 5.26 Å². The maximum atomic E-state index is 12.6. The number of carbonyl (C=O) groups is 1. The molecule has 5 aromatic rings. The Labute approximate surface area is 266 Å². The summed E-state index contributed by atoms with van der Waals surface area (Å²) in [5.74, 6) is 0.508. The largest absolute Gasteiger partial charge is 0.486 e. The molecule has 0 aliphatic heterocycles. The van der Waals surface area contributed by atoms with Crippen LogP contribution in [0.4, 0.5) is 5.69 Å². The number of benzene rings is 3. The number of ether oxygens (including phenoxy) is 2. The van der Waals surface area contributed by atoms with E-state index in [1.165, 1.54) is 18.3 Å². The number of halogens is 1. The van der Waals surface area contributed by atoms with Crippen LogP contribution in [0.1, 0.15) is 44.4 Å². The molecule has 226 valence electrons. The Morgan fingerprint density at radius 2 is 1.78 bits per heavy atom. The van der Waals surface area contributed by atoms with Crippen molar-refractivity contribution < 1.29 is 23.6 Å². The summed E-state index contributed by atoms with van der Waals surface area (Å²) in [5, 5.41) is 25.0. The molecule has 0 spiro atoms. The lowest BCUT2D eigenvalue weighted by Gasteiger charge is -2.10. The fourth-order valence-corrected chi connectivity index (χ4v) is 5.16. The first kappa shape index (κ1) is 30.8. The first-order valence-electron chi connectivity index (χ1n) is 13.6. The Balaban J connectivity index is 1.17. The van der Waals surface area contributed by atoms with Crippen LogP contribution < -0.4 is 14.9 Å². The van der Waals surface area contributed by atoms with E-state index in [0.29, 0.717) is 32.7 Å². The summed E-state index contributed by atoms with van der Waals surface area (Å²) >= 11 is 3.31. The molecular formula is C33H26BrN5O6. The summed E-state index contributed by atoms with van der Waals surface area (Å²) in [6, 6.07) is 26.7. The van der Waals surface area contributed by atoms with E-state index in [1.54, 1.807) is 36.4 Å². The molecule has 2 heterocycles. The second-order valence-electron chi connectivity index (χ2n) is 9.86. The zero-order valence-corrected chi connectivity index (χ0v) is 25.8. The molecule has 5 rings (SSSR count). The van der Waals surface area contributed by atoms with Gasteiger partial charge in [0.1, 0.15) is 24.7 Å². The third-order valence-electron chi connectivity index (χ3n) is 6.77. The molecule has 12 heteroatoms. The van der Waals surface area contributed by atoms with E-state index in [4.69, 9.17) is 13.9 Å². The molecule has 0 unspecified atom stereocenters. The zero-order chi connectivity index (χ0) is 31.9. The molecule has 45 heavy (non-hydrogen) atoms. The number of aryl methyl sites for hydroxylation is 2. The van der Waals surface area contributed by atoms with Gasteiger partial charge in [0, 0.05) is 34.3 Å². The quantitative estimate of drug-likeness (QED) is 0.0894. The zero-order valence-electron chi connectivity index (χ0n) is 24.2. The maximum Gasteiger partial charge on any atom is 0.312 e. The summed E-state index contributed by atoms with van der Waals surface area (Å²) < 4.78 is 19.6. The smallest absolute Gasteiger partial charge is 0.312 e. The van der Waals surface area contributed by atoms with E-state index < -0.39 is 10.8 Å². The van der Waals surface area contributed by atoms with E-state index in [2.05, 4.69) is 49.2 Å². The average Bonchev–Trinajstić information content (AvgIpc) is 3.65. The van der Waals surface area contributed by atoms with Crippen LogP contribution in [0.25, 0.3) is 5.69 Å². The number of nitrogens with one attached hydrogen (secondary N) is 1. The number of rotatable bonds is 11. The second kappa shape index (κ2) is 13.7. The van der Waals surface area contributed by atoms with Gasteiger partial charge >= 0.3 is 11.6 Å². The Kier molecular flexibility index (Phi) is 9.40. The minimum Gasteiger partial charge on any atom is -0.486 e. The molecule has 3 aromatic carbocycles. The van der Waals surface area contributed by atoms with Crippen molar-refractivity contribution in [2.45, 2.75) is 27.1 Å². The topological polar surface area (TPSA) is 145 Å². The van der Waals surface area contributed by atoms with Crippen LogP contribution in [0, 0.1) is 35.3 Å². The van der Waals surface area contributed by atoms with Crippen LogP contribution in [0.3, 0.4) is 0 Å². The van der Waals surface area contributed by atoms with Crippen molar-refractivity contribution in [3.63, 3.8) is 0 Å². The van der Waals surface area contributed by atoms with Crippen LogP contribution in [0.2, 0.25) is 0 Å². The summed E-state index contributed by atoms with van der Waals surface area (Å²) in [5.41, 5.74) is 6.69. The lowest BCUT2D eigenvalue weighted by Crippen LogP contribution is -2.16. The molecular weight excluding hydrogens is 642 g/mol. The van der Waals surface area contributed by atoms with Gasteiger partial charge in [0.2, 0.25) is 5.75 Å². The van der Waals surface area contributed by atoms with Crippen LogP contribution in [0.5, 0.6) is 11.5 Å². The predicted molar refractivity (Wildman–Crippen MR) is 170 cm³/mol. The van der Waals surface area contributed by atoms with Crippen molar-refractivity contribution in [3.05, 3.63) is 139 Å². The third kappa shape index (κ3) is 7.29. The van der Waals surface area contributed by atoms with E-state index in [0.717, 1.165) is 17.1 Å². The Morgan fingerprint density at radius 3 is 2.49 bits per heavy atom. The number of hydrogen-bond acceptors (Lipinski definition) is 8. The normalized spacial score (nSPS) is 10.9. The highest BCUT2D eigenvalue weighted by atomic mass is 79.9. The number of furan rings is 1. The maximum absolute atomic E-state index is 12.6. The Hall–Kier alpha value is -5.67. The first-order chi connectivity index (χ1) is 21.7. The molecule has 0 aliphatic carbocycles. The number of carbonyl (C=O) groups excluding carboxylic acids is 1. The van der Waals surface area contributed by atoms with Gasteiger partial charge in [0.15, 0.2) is 5.76 Å². The highest BCUT2D eigenvalue weighted by molar-refractivity contribution is 9.10. The Bertz CT molecular complexity index is 1920. The number of nitro benzene ring substituents is 1. The van der Waals surface area contributed by atoms with Crippen molar-refractivity contribution in [2.75, 3.05) is 0 Å². The number of aromatic nitrogens is 1. The molecule has 0 saturated heterocycles. The monoisotopic (exact) mass is 667 g/mol. The summed E-state index contributed by atoms with van der Waals surface area (Å²) in [6.07, 6.45) is 1.26. The van der Waals surface area contributed by atoms with E-state index in [-0.39, 0.29) is 30.4 Å². The molecule has 0 aliphatic rings. The van der Waals surface area contributed by atoms with Gasteiger partial charge in [-0.2, -0.15) is 10.4 Å². The Morgan fingerprint density at radius 1 is 1.04 bits per heavy atom. The number of nitrogens with zero attached hydrogens (tertiary/aromatic N) is 4. The number of hydrogen-bond donors (Lipinski definition) is 1. The minimum absolute atomic E-state index is 0.00120. The van der Waals surface area contributed by atoms with Crippen molar-refractivity contribution in [3.8, 4) is 23.3 Å². The fraction of sp³-hybridized carbons (Fsp3) is 0.121. The van der Waals surface area contributed by atoms with Gasteiger partial charge < -0.3 is 18.5 Å². The van der Waals surface area contributed by atoms with E-state index in [1.807, 2.05) is 38.1 Å². The van der Waals surface area contributed by atoms with Gasteiger partial charge in [-0.05, 0) is 90.4 Å². The lowest BCUT2D eigenvalue weighted by molar-refractivity contribution is -0.386. The third-order valence-corrected chi connectivity index (χ3v) is 7.35. The summed E-state index contributed by atoms with van der Waals surface area (Å²) in [6.45, 7) is 4.18. The number of amides is 1. The van der Waals surface area contributed by atoms with Crippen LogP contribution in [-0.4, -0.2) is 21.6 Å². The molecule has 0 fully saturated rings.